The SMILES string of the molecule is CCN(CCOC)C(=O)Nc1cn[nH]c1C(N)=O.OC1CCCCC1. The van der Waals surface area contributed by atoms with E-state index >= 15 is 0 Å². The molecule has 1 aliphatic rings. The number of primary amides is 1. The number of rotatable bonds is 6. The number of aliphatic hydroxyl groups is 1. The van der Waals surface area contributed by atoms with Crippen LogP contribution in [0.25, 0.3) is 0 Å². The van der Waals surface area contributed by atoms with Gasteiger partial charge in [-0.1, -0.05) is 19.3 Å². The number of carbonyl (C=O) groups excluding carboxylic acids is 2. The second-order valence-corrected chi connectivity index (χ2v) is 5.82. The van der Waals surface area contributed by atoms with Crippen molar-refractivity contribution in [3.05, 3.63) is 11.9 Å². The fraction of sp³-hybridized carbons (Fsp3) is 0.688. The highest BCUT2D eigenvalue weighted by Crippen LogP contribution is 2.16. The summed E-state index contributed by atoms with van der Waals surface area (Å²) < 4.78 is 4.91. The number of aromatic nitrogens is 2. The molecule has 1 aromatic heterocycles. The van der Waals surface area contributed by atoms with Crippen LogP contribution in [0.15, 0.2) is 6.20 Å². The number of urea groups is 1. The summed E-state index contributed by atoms with van der Waals surface area (Å²) in [6, 6.07) is -0.335. The summed E-state index contributed by atoms with van der Waals surface area (Å²) in [4.78, 5) is 24.5. The van der Waals surface area contributed by atoms with Crippen molar-refractivity contribution >= 4 is 17.6 Å². The van der Waals surface area contributed by atoms with Crippen LogP contribution in [0, 0.1) is 0 Å². The van der Waals surface area contributed by atoms with Gasteiger partial charge < -0.3 is 25.8 Å². The van der Waals surface area contributed by atoms with E-state index in [0.717, 1.165) is 12.8 Å². The van der Waals surface area contributed by atoms with E-state index in [1.165, 1.54) is 25.5 Å². The Morgan fingerprint density at radius 1 is 1.44 bits per heavy atom. The number of aliphatic hydroxyl groups excluding tert-OH is 1. The summed E-state index contributed by atoms with van der Waals surface area (Å²) in [7, 11) is 1.56. The Morgan fingerprint density at radius 3 is 2.60 bits per heavy atom. The van der Waals surface area contributed by atoms with E-state index in [9.17, 15) is 9.59 Å². The van der Waals surface area contributed by atoms with Crippen molar-refractivity contribution in [3.63, 3.8) is 0 Å². The predicted molar refractivity (Wildman–Crippen MR) is 94.3 cm³/mol. The summed E-state index contributed by atoms with van der Waals surface area (Å²) in [5.74, 6) is -0.678. The van der Waals surface area contributed by atoms with E-state index in [2.05, 4.69) is 15.5 Å². The molecule has 0 aliphatic heterocycles. The normalized spacial score (nSPS) is 14.4. The van der Waals surface area contributed by atoms with Gasteiger partial charge in [-0.25, -0.2) is 4.79 Å². The van der Waals surface area contributed by atoms with Gasteiger partial charge in [0.1, 0.15) is 5.69 Å². The molecule has 1 aliphatic carbocycles. The van der Waals surface area contributed by atoms with E-state index in [0.29, 0.717) is 19.7 Å². The van der Waals surface area contributed by atoms with Gasteiger partial charge in [-0.15, -0.1) is 0 Å². The molecular formula is C16H29N5O4. The Bertz CT molecular complexity index is 528. The zero-order valence-electron chi connectivity index (χ0n) is 15.0. The second kappa shape index (κ2) is 11.4. The van der Waals surface area contributed by atoms with E-state index in [-0.39, 0.29) is 23.5 Å². The number of amides is 3. The molecule has 1 heterocycles. The second-order valence-electron chi connectivity index (χ2n) is 5.82. The molecule has 0 aromatic carbocycles. The van der Waals surface area contributed by atoms with Crippen molar-refractivity contribution in [3.8, 4) is 0 Å². The van der Waals surface area contributed by atoms with Gasteiger partial charge in [-0.2, -0.15) is 5.10 Å². The number of H-pyrrole nitrogens is 1. The van der Waals surface area contributed by atoms with Crippen LogP contribution in [0.5, 0.6) is 0 Å². The minimum atomic E-state index is -0.678. The van der Waals surface area contributed by atoms with Crippen molar-refractivity contribution < 1.29 is 19.4 Å². The summed E-state index contributed by atoms with van der Waals surface area (Å²) in [5.41, 5.74) is 5.47. The van der Waals surface area contributed by atoms with Crippen molar-refractivity contribution in [2.75, 3.05) is 32.1 Å². The first kappa shape index (κ1) is 20.9. The zero-order chi connectivity index (χ0) is 18.7. The number of nitrogens with zero attached hydrogens (tertiary/aromatic N) is 2. The number of anilines is 1. The number of nitrogens with one attached hydrogen (secondary N) is 2. The molecule has 2 rings (SSSR count). The molecule has 0 atom stereocenters. The van der Waals surface area contributed by atoms with Crippen LogP contribution in [-0.4, -0.2) is 65.1 Å². The summed E-state index contributed by atoms with van der Waals surface area (Å²) in [6.45, 7) is 3.27. The van der Waals surface area contributed by atoms with Crippen molar-refractivity contribution in [1.82, 2.24) is 15.1 Å². The number of likely N-dealkylation sites (N-methyl/N-ethyl adjacent to an activating group) is 1. The third-order valence-electron chi connectivity index (χ3n) is 3.94. The van der Waals surface area contributed by atoms with Gasteiger partial charge in [0, 0.05) is 20.2 Å². The zero-order valence-corrected chi connectivity index (χ0v) is 15.0. The lowest BCUT2D eigenvalue weighted by Gasteiger charge is -2.20. The van der Waals surface area contributed by atoms with Crippen LogP contribution < -0.4 is 11.1 Å². The number of nitrogens with two attached hydrogens (primary N) is 1. The first-order valence-electron chi connectivity index (χ1n) is 8.55. The Kier molecular flexibility index (Phi) is 9.56. The highest BCUT2D eigenvalue weighted by Gasteiger charge is 2.16. The van der Waals surface area contributed by atoms with Gasteiger partial charge in [0.2, 0.25) is 0 Å². The van der Waals surface area contributed by atoms with E-state index in [1.54, 1.807) is 12.0 Å². The molecule has 9 heteroatoms. The first-order chi connectivity index (χ1) is 12.0. The number of hydrogen-bond acceptors (Lipinski definition) is 5. The predicted octanol–water partition coefficient (Wildman–Crippen LogP) is 1.32. The van der Waals surface area contributed by atoms with Gasteiger partial charge in [0.25, 0.3) is 5.91 Å². The summed E-state index contributed by atoms with van der Waals surface area (Å²) >= 11 is 0. The molecule has 3 amide bonds. The highest BCUT2D eigenvalue weighted by atomic mass is 16.5. The van der Waals surface area contributed by atoms with Crippen molar-refractivity contribution in [2.45, 2.75) is 45.1 Å². The maximum absolute atomic E-state index is 11.9. The monoisotopic (exact) mass is 355 g/mol. The highest BCUT2D eigenvalue weighted by molar-refractivity contribution is 6.00. The maximum atomic E-state index is 11.9. The topological polar surface area (TPSA) is 134 Å². The molecule has 9 nitrogen and oxygen atoms in total. The third-order valence-corrected chi connectivity index (χ3v) is 3.94. The number of hydrogen-bond donors (Lipinski definition) is 4. The molecule has 0 unspecified atom stereocenters. The fourth-order valence-electron chi connectivity index (χ4n) is 2.45. The van der Waals surface area contributed by atoms with Gasteiger partial charge in [0.05, 0.1) is 24.6 Å². The lowest BCUT2D eigenvalue weighted by molar-refractivity contribution is 0.0996. The Balaban J connectivity index is 0.000000370. The minimum absolute atomic E-state index is 0.0359. The molecule has 1 aromatic rings. The van der Waals surface area contributed by atoms with Crippen LogP contribution in [0.1, 0.15) is 49.5 Å². The van der Waals surface area contributed by atoms with E-state index in [1.807, 2.05) is 6.92 Å². The van der Waals surface area contributed by atoms with Crippen LogP contribution in [-0.2, 0) is 4.74 Å². The van der Waals surface area contributed by atoms with Crippen molar-refractivity contribution in [2.24, 2.45) is 5.73 Å². The molecule has 0 radical (unpaired) electrons. The molecular weight excluding hydrogens is 326 g/mol. The molecule has 0 saturated heterocycles. The minimum Gasteiger partial charge on any atom is -0.393 e. The van der Waals surface area contributed by atoms with Crippen LogP contribution in [0.3, 0.4) is 0 Å². The Hall–Kier alpha value is -2.13. The molecule has 1 saturated carbocycles. The molecule has 142 valence electrons. The van der Waals surface area contributed by atoms with Gasteiger partial charge in [-0.3, -0.25) is 9.89 Å². The maximum Gasteiger partial charge on any atom is 0.322 e. The van der Waals surface area contributed by atoms with Crippen LogP contribution in [0.2, 0.25) is 0 Å². The molecule has 0 bridgehead atoms. The van der Waals surface area contributed by atoms with E-state index in [4.69, 9.17) is 15.6 Å². The number of carbonyl (C=O) groups is 2. The molecule has 25 heavy (non-hydrogen) atoms. The smallest absolute Gasteiger partial charge is 0.322 e. The van der Waals surface area contributed by atoms with Gasteiger partial charge in [-0.05, 0) is 19.8 Å². The molecule has 0 spiro atoms. The standard InChI is InChI=1S/C10H17N5O3.C6H12O/c1-3-15(4-5-18-2)10(17)13-7-6-12-14-8(7)9(11)16;7-6-4-2-1-3-5-6/h6H,3-5H2,1-2H3,(H2,11,16)(H,12,14)(H,13,17);6-7H,1-5H2. The van der Waals surface area contributed by atoms with Gasteiger partial charge >= 0.3 is 6.03 Å². The first-order valence-corrected chi connectivity index (χ1v) is 8.55. The molecule has 5 N–H and O–H groups in total. The lowest BCUT2D eigenvalue weighted by Crippen LogP contribution is -2.37. The van der Waals surface area contributed by atoms with Gasteiger partial charge in [0.15, 0.2) is 0 Å². The average molecular weight is 355 g/mol. The number of aromatic amines is 1. The number of ether oxygens (including phenoxy) is 1. The third kappa shape index (κ3) is 7.53. The summed E-state index contributed by atoms with van der Waals surface area (Å²) in [6.07, 6.45) is 7.26. The van der Waals surface area contributed by atoms with E-state index < -0.39 is 5.91 Å². The van der Waals surface area contributed by atoms with Crippen LogP contribution in [0.4, 0.5) is 10.5 Å². The fourth-order valence-corrected chi connectivity index (χ4v) is 2.45. The quantitative estimate of drug-likeness (QED) is 0.610. The average Bonchev–Trinajstić information content (AvgIpc) is 3.05. The van der Waals surface area contributed by atoms with Crippen LogP contribution >= 0.6 is 0 Å². The van der Waals surface area contributed by atoms with Crippen molar-refractivity contribution in [1.29, 1.82) is 0 Å². The summed E-state index contributed by atoms with van der Waals surface area (Å²) in [5, 5.41) is 17.6. The Morgan fingerprint density at radius 2 is 2.12 bits per heavy atom. The number of methoxy groups -OCH3 is 1. The molecule has 1 fully saturated rings. The largest absolute Gasteiger partial charge is 0.393 e. The lowest BCUT2D eigenvalue weighted by atomic mass is 9.98. The Labute approximate surface area is 147 Å².